The van der Waals surface area contributed by atoms with Crippen molar-refractivity contribution >= 4 is 5.97 Å². The molecule has 0 radical (unpaired) electrons. The lowest BCUT2D eigenvalue weighted by Crippen LogP contribution is -2.02. The quantitative estimate of drug-likeness (QED) is 0.650. The Morgan fingerprint density at radius 1 is 1.00 bits per heavy atom. The number of aromatic nitrogens is 3. The lowest BCUT2D eigenvalue weighted by molar-refractivity contribution is -0.136. The maximum absolute atomic E-state index is 11.0. The molecule has 0 unspecified atom stereocenters. The Bertz CT molecular complexity index is 1010. The van der Waals surface area contributed by atoms with Gasteiger partial charge in [0.1, 0.15) is 29.5 Å². The summed E-state index contributed by atoms with van der Waals surface area (Å²) in [5.41, 5.74) is 5.25. The molecule has 0 aliphatic rings. The molecule has 0 spiro atoms. The third-order valence-corrected chi connectivity index (χ3v) is 4.54. The molecule has 0 aliphatic carbocycles. The lowest BCUT2D eigenvalue weighted by atomic mass is 10.0. The molecule has 0 amide bonds. The van der Waals surface area contributed by atoms with Crippen molar-refractivity contribution in [1.82, 2.24) is 15.0 Å². The van der Waals surface area contributed by atoms with E-state index in [-0.39, 0.29) is 6.42 Å². The minimum Gasteiger partial charge on any atom is -0.487 e. The van der Waals surface area contributed by atoms with E-state index < -0.39 is 5.97 Å². The second kappa shape index (κ2) is 8.34. The van der Waals surface area contributed by atoms with Crippen LogP contribution in [0.3, 0.4) is 0 Å². The summed E-state index contributed by atoms with van der Waals surface area (Å²) in [6.45, 7) is 8.14. The standard InChI is InChI=1S/C22H25N3O4/c1-13-6-17(10-20(26)27)7-14(2)22(13)29-19-8-15(3)21(16(4)9-19)28-12-18-11-25(5)24-23-18/h6-9,11H,10,12H2,1-5H3,(H,26,27). The zero-order chi connectivity index (χ0) is 21.1. The summed E-state index contributed by atoms with van der Waals surface area (Å²) < 4.78 is 13.7. The molecular weight excluding hydrogens is 370 g/mol. The molecule has 0 saturated heterocycles. The normalized spacial score (nSPS) is 10.8. The molecule has 0 atom stereocenters. The van der Waals surface area contributed by atoms with Gasteiger partial charge in [0.15, 0.2) is 0 Å². The van der Waals surface area contributed by atoms with Gasteiger partial charge >= 0.3 is 5.97 Å². The molecule has 152 valence electrons. The molecule has 0 saturated carbocycles. The molecule has 0 bridgehead atoms. The number of aliphatic carboxylic acids is 1. The van der Waals surface area contributed by atoms with Gasteiger partial charge in [0.05, 0.1) is 12.6 Å². The van der Waals surface area contributed by atoms with Crippen LogP contribution in [0, 0.1) is 27.7 Å². The van der Waals surface area contributed by atoms with Crippen LogP contribution in [0.5, 0.6) is 17.2 Å². The average molecular weight is 395 g/mol. The molecule has 1 N–H and O–H groups in total. The lowest BCUT2D eigenvalue weighted by Gasteiger charge is -2.17. The minimum absolute atomic E-state index is 0.00198. The first-order valence-electron chi connectivity index (χ1n) is 9.32. The third-order valence-electron chi connectivity index (χ3n) is 4.54. The number of aryl methyl sites for hydroxylation is 5. The van der Waals surface area contributed by atoms with Crippen LogP contribution < -0.4 is 9.47 Å². The van der Waals surface area contributed by atoms with Crippen molar-refractivity contribution in [3.8, 4) is 17.2 Å². The van der Waals surface area contributed by atoms with Crippen molar-refractivity contribution in [3.05, 3.63) is 64.0 Å². The Morgan fingerprint density at radius 2 is 1.59 bits per heavy atom. The van der Waals surface area contributed by atoms with Gasteiger partial charge in [0.25, 0.3) is 0 Å². The first-order chi connectivity index (χ1) is 13.7. The van der Waals surface area contributed by atoms with E-state index in [9.17, 15) is 4.79 Å². The van der Waals surface area contributed by atoms with E-state index in [4.69, 9.17) is 14.6 Å². The van der Waals surface area contributed by atoms with Gasteiger partial charge < -0.3 is 14.6 Å². The van der Waals surface area contributed by atoms with Gasteiger partial charge in [-0.1, -0.05) is 17.3 Å². The summed E-state index contributed by atoms with van der Waals surface area (Å²) in [5, 5.41) is 16.9. The molecule has 1 heterocycles. The van der Waals surface area contributed by atoms with Crippen LogP contribution in [0.2, 0.25) is 0 Å². The van der Waals surface area contributed by atoms with Crippen molar-refractivity contribution < 1.29 is 19.4 Å². The number of benzene rings is 2. The summed E-state index contributed by atoms with van der Waals surface area (Å²) in [4.78, 5) is 11.0. The maximum Gasteiger partial charge on any atom is 0.307 e. The number of hydrogen-bond acceptors (Lipinski definition) is 5. The van der Waals surface area contributed by atoms with Crippen LogP contribution in [0.15, 0.2) is 30.5 Å². The Morgan fingerprint density at radius 3 is 2.10 bits per heavy atom. The summed E-state index contributed by atoms with van der Waals surface area (Å²) in [6, 6.07) is 7.58. The number of hydrogen-bond donors (Lipinski definition) is 1. The predicted octanol–water partition coefficient (Wildman–Crippen LogP) is 4.05. The Kier molecular flexibility index (Phi) is 5.87. The highest BCUT2D eigenvalue weighted by Crippen LogP contribution is 2.34. The highest BCUT2D eigenvalue weighted by molar-refractivity contribution is 5.70. The van der Waals surface area contributed by atoms with E-state index in [1.165, 1.54) is 0 Å². The average Bonchev–Trinajstić information content (AvgIpc) is 3.02. The zero-order valence-corrected chi connectivity index (χ0v) is 17.3. The Hall–Kier alpha value is -3.35. The van der Waals surface area contributed by atoms with Crippen molar-refractivity contribution in [3.63, 3.8) is 0 Å². The molecule has 2 aromatic carbocycles. The molecule has 0 aliphatic heterocycles. The number of nitrogens with zero attached hydrogens (tertiary/aromatic N) is 3. The summed E-state index contributed by atoms with van der Waals surface area (Å²) in [6.07, 6.45) is 1.82. The van der Waals surface area contributed by atoms with Crippen LogP contribution in [0.25, 0.3) is 0 Å². The topological polar surface area (TPSA) is 86.5 Å². The molecule has 3 aromatic rings. The van der Waals surface area contributed by atoms with Crippen LogP contribution in [0.4, 0.5) is 0 Å². The van der Waals surface area contributed by atoms with Crippen molar-refractivity contribution in [2.24, 2.45) is 7.05 Å². The second-order valence-electron chi connectivity index (χ2n) is 7.29. The Labute approximate surface area is 169 Å². The van der Waals surface area contributed by atoms with Gasteiger partial charge in [-0.3, -0.25) is 9.48 Å². The van der Waals surface area contributed by atoms with E-state index in [1.807, 2.05) is 65.2 Å². The molecule has 3 rings (SSSR count). The number of carbonyl (C=O) groups is 1. The second-order valence-corrected chi connectivity index (χ2v) is 7.29. The van der Waals surface area contributed by atoms with Crippen molar-refractivity contribution in [1.29, 1.82) is 0 Å². The van der Waals surface area contributed by atoms with Gasteiger partial charge in [0, 0.05) is 7.05 Å². The largest absolute Gasteiger partial charge is 0.487 e. The first kappa shape index (κ1) is 20.4. The fourth-order valence-electron chi connectivity index (χ4n) is 3.40. The number of ether oxygens (including phenoxy) is 2. The highest BCUT2D eigenvalue weighted by atomic mass is 16.5. The number of carboxylic acids is 1. The van der Waals surface area contributed by atoms with Crippen molar-refractivity contribution in [2.75, 3.05) is 0 Å². The first-order valence-corrected chi connectivity index (χ1v) is 9.32. The SMILES string of the molecule is Cc1cc(Oc2c(C)cc(CC(=O)O)cc2C)cc(C)c1OCc1cn(C)nn1. The molecule has 7 heteroatoms. The van der Waals surface area contributed by atoms with Gasteiger partial charge in [0.2, 0.25) is 0 Å². The van der Waals surface area contributed by atoms with E-state index in [0.29, 0.717) is 12.4 Å². The number of carboxylic acid groups (broad SMARTS) is 1. The van der Waals surface area contributed by atoms with Gasteiger partial charge in [-0.15, -0.1) is 5.10 Å². The molecule has 0 fully saturated rings. The van der Waals surface area contributed by atoms with E-state index in [0.717, 1.165) is 45.0 Å². The molecule has 7 nitrogen and oxygen atoms in total. The van der Waals surface area contributed by atoms with Crippen molar-refractivity contribution in [2.45, 2.75) is 40.7 Å². The minimum atomic E-state index is -0.846. The van der Waals surface area contributed by atoms with E-state index in [2.05, 4.69) is 10.3 Å². The predicted molar refractivity (Wildman–Crippen MR) is 109 cm³/mol. The maximum atomic E-state index is 11.0. The highest BCUT2D eigenvalue weighted by Gasteiger charge is 2.13. The van der Waals surface area contributed by atoms with E-state index >= 15 is 0 Å². The van der Waals surface area contributed by atoms with Crippen LogP contribution in [-0.4, -0.2) is 26.1 Å². The smallest absolute Gasteiger partial charge is 0.307 e. The Balaban J connectivity index is 1.79. The summed E-state index contributed by atoms with van der Waals surface area (Å²) in [7, 11) is 1.82. The fourth-order valence-corrected chi connectivity index (χ4v) is 3.40. The van der Waals surface area contributed by atoms with Gasteiger partial charge in [-0.05, 0) is 67.6 Å². The number of rotatable bonds is 7. The fraction of sp³-hybridized carbons (Fsp3) is 0.318. The molecule has 1 aromatic heterocycles. The monoisotopic (exact) mass is 395 g/mol. The van der Waals surface area contributed by atoms with Gasteiger partial charge in [-0.25, -0.2) is 0 Å². The summed E-state index contributed by atoms with van der Waals surface area (Å²) in [5.74, 6) is 1.41. The van der Waals surface area contributed by atoms with Crippen LogP contribution >= 0.6 is 0 Å². The van der Waals surface area contributed by atoms with Crippen LogP contribution in [0.1, 0.15) is 33.5 Å². The third kappa shape index (κ3) is 4.93. The summed E-state index contributed by atoms with van der Waals surface area (Å²) >= 11 is 0. The van der Waals surface area contributed by atoms with Crippen LogP contribution in [-0.2, 0) is 24.9 Å². The van der Waals surface area contributed by atoms with Gasteiger partial charge in [-0.2, -0.15) is 0 Å². The molecular formula is C22H25N3O4. The van der Waals surface area contributed by atoms with E-state index in [1.54, 1.807) is 4.68 Å². The molecule has 29 heavy (non-hydrogen) atoms. The zero-order valence-electron chi connectivity index (χ0n) is 17.3.